The van der Waals surface area contributed by atoms with E-state index in [9.17, 15) is 9.90 Å². The van der Waals surface area contributed by atoms with Crippen LogP contribution in [0, 0.1) is 0 Å². The van der Waals surface area contributed by atoms with E-state index in [-0.39, 0.29) is 6.42 Å². The van der Waals surface area contributed by atoms with Crippen LogP contribution >= 0.6 is 0 Å². The summed E-state index contributed by atoms with van der Waals surface area (Å²) in [6.45, 7) is 2.43. The molecule has 0 aliphatic rings. The summed E-state index contributed by atoms with van der Waals surface area (Å²) in [5.41, 5.74) is 0.822. The second kappa shape index (κ2) is 7.33. The van der Waals surface area contributed by atoms with Crippen molar-refractivity contribution in [3.05, 3.63) is 60.2 Å². The molecule has 2 rings (SSSR count). The summed E-state index contributed by atoms with van der Waals surface area (Å²) in [7, 11) is 0. The number of hydrogen-bond donors (Lipinski definition) is 1. The van der Waals surface area contributed by atoms with Gasteiger partial charge < -0.3 is 14.6 Å². The smallest absolute Gasteiger partial charge is 0.345 e. The average Bonchev–Trinajstić information content (AvgIpc) is 2.49. The average molecular weight is 286 g/mol. The van der Waals surface area contributed by atoms with Crippen molar-refractivity contribution in [2.24, 2.45) is 0 Å². The number of carboxylic acid groups (broad SMARTS) is 1. The first-order valence-corrected chi connectivity index (χ1v) is 6.86. The maximum Gasteiger partial charge on any atom is 0.345 e. The van der Waals surface area contributed by atoms with E-state index in [0.29, 0.717) is 18.1 Å². The molecule has 1 unspecified atom stereocenters. The third-order valence-electron chi connectivity index (χ3n) is 2.97. The van der Waals surface area contributed by atoms with Gasteiger partial charge in [-0.15, -0.1) is 0 Å². The minimum Gasteiger partial charge on any atom is -0.494 e. The summed E-state index contributed by atoms with van der Waals surface area (Å²) in [5.74, 6) is 0.242. The Balaban J connectivity index is 2.15. The van der Waals surface area contributed by atoms with Gasteiger partial charge in [0.15, 0.2) is 6.10 Å². The Kier molecular flexibility index (Phi) is 5.21. The van der Waals surface area contributed by atoms with E-state index in [2.05, 4.69) is 0 Å². The van der Waals surface area contributed by atoms with Gasteiger partial charge in [0.2, 0.25) is 0 Å². The Labute approximate surface area is 123 Å². The van der Waals surface area contributed by atoms with Crippen molar-refractivity contribution in [2.75, 3.05) is 6.61 Å². The highest BCUT2D eigenvalue weighted by Gasteiger charge is 2.21. The van der Waals surface area contributed by atoms with Crippen LogP contribution in [0.15, 0.2) is 54.6 Å². The summed E-state index contributed by atoms with van der Waals surface area (Å²) in [4.78, 5) is 11.4. The highest BCUT2D eigenvalue weighted by molar-refractivity contribution is 5.73. The number of rotatable bonds is 7. The SMILES string of the molecule is CCOc1ccccc1CC(Oc1ccccc1)C(=O)O. The molecule has 1 N–H and O–H groups in total. The second-order valence-electron chi connectivity index (χ2n) is 4.50. The lowest BCUT2D eigenvalue weighted by Gasteiger charge is -2.17. The lowest BCUT2D eigenvalue weighted by atomic mass is 10.1. The van der Waals surface area contributed by atoms with Crippen LogP contribution in [-0.4, -0.2) is 23.8 Å². The normalized spacial score (nSPS) is 11.7. The van der Waals surface area contributed by atoms with Crippen LogP contribution in [0.3, 0.4) is 0 Å². The van der Waals surface area contributed by atoms with E-state index in [0.717, 1.165) is 5.56 Å². The standard InChI is InChI=1S/C17H18O4/c1-2-20-15-11-7-6-8-13(15)12-16(17(18)19)21-14-9-4-3-5-10-14/h3-11,16H,2,12H2,1H3,(H,18,19). The molecule has 0 amide bonds. The lowest BCUT2D eigenvalue weighted by molar-refractivity contribution is -0.145. The molecule has 0 saturated carbocycles. The molecule has 0 aliphatic carbocycles. The second-order valence-corrected chi connectivity index (χ2v) is 4.50. The molecule has 0 heterocycles. The topological polar surface area (TPSA) is 55.8 Å². The molecule has 0 aliphatic heterocycles. The molecule has 110 valence electrons. The number of para-hydroxylation sites is 2. The van der Waals surface area contributed by atoms with E-state index in [1.54, 1.807) is 12.1 Å². The van der Waals surface area contributed by atoms with Gasteiger partial charge in [0.25, 0.3) is 0 Å². The molecule has 21 heavy (non-hydrogen) atoms. The zero-order valence-electron chi connectivity index (χ0n) is 11.9. The van der Waals surface area contributed by atoms with Crippen LogP contribution in [0.1, 0.15) is 12.5 Å². The summed E-state index contributed by atoms with van der Waals surface area (Å²) < 4.78 is 11.1. The molecular weight excluding hydrogens is 268 g/mol. The lowest BCUT2D eigenvalue weighted by Crippen LogP contribution is -2.29. The molecule has 2 aromatic carbocycles. The molecule has 4 nitrogen and oxygen atoms in total. The van der Waals surface area contributed by atoms with Gasteiger partial charge in [-0.3, -0.25) is 0 Å². The van der Waals surface area contributed by atoms with Gasteiger partial charge in [-0.2, -0.15) is 0 Å². The van der Waals surface area contributed by atoms with Crippen LogP contribution in [0.2, 0.25) is 0 Å². The maximum atomic E-state index is 11.4. The van der Waals surface area contributed by atoms with Crippen LogP contribution < -0.4 is 9.47 Å². The Morgan fingerprint density at radius 1 is 1.10 bits per heavy atom. The Hall–Kier alpha value is -2.49. The minimum absolute atomic E-state index is 0.250. The van der Waals surface area contributed by atoms with E-state index in [1.165, 1.54) is 0 Å². The summed E-state index contributed by atoms with van der Waals surface area (Å²) in [6, 6.07) is 16.4. The number of hydrogen-bond acceptors (Lipinski definition) is 3. The molecule has 0 fully saturated rings. The molecule has 0 spiro atoms. The third-order valence-corrected chi connectivity index (χ3v) is 2.97. The first-order chi connectivity index (χ1) is 10.2. The Bertz CT molecular complexity index is 580. The van der Waals surface area contributed by atoms with Gasteiger partial charge in [-0.05, 0) is 30.7 Å². The molecule has 0 radical (unpaired) electrons. The number of ether oxygens (including phenoxy) is 2. The summed E-state index contributed by atoms with van der Waals surface area (Å²) in [5, 5.41) is 9.35. The number of carbonyl (C=O) groups is 1. The zero-order chi connectivity index (χ0) is 15.1. The van der Waals surface area contributed by atoms with Gasteiger partial charge in [-0.1, -0.05) is 36.4 Å². The molecule has 0 aromatic heterocycles. The number of benzene rings is 2. The summed E-state index contributed by atoms with van der Waals surface area (Å²) in [6.07, 6.45) is -0.700. The molecule has 2 aromatic rings. The van der Waals surface area contributed by atoms with Crippen molar-refractivity contribution in [3.8, 4) is 11.5 Å². The third kappa shape index (κ3) is 4.24. The van der Waals surface area contributed by atoms with Crippen LogP contribution in [-0.2, 0) is 11.2 Å². The van der Waals surface area contributed by atoms with Crippen LogP contribution in [0.4, 0.5) is 0 Å². The van der Waals surface area contributed by atoms with Crippen molar-refractivity contribution in [1.82, 2.24) is 0 Å². The fourth-order valence-electron chi connectivity index (χ4n) is 2.01. The highest BCUT2D eigenvalue weighted by atomic mass is 16.5. The van der Waals surface area contributed by atoms with E-state index >= 15 is 0 Å². The van der Waals surface area contributed by atoms with Gasteiger partial charge in [-0.25, -0.2) is 4.79 Å². The monoisotopic (exact) mass is 286 g/mol. The fourth-order valence-corrected chi connectivity index (χ4v) is 2.01. The van der Waals surface area contributed by atoms with Gasteiger partial charge in [0, 0.05) is 6.42 Å². The van der Waals surface area contributed by atoms with E-state index in [4.69, 9.17) is 9.47 Å². The minimum atomic E-state index is -0.995. The van der Waals surface area contributed by atoms with Crippen molar-refractivity contribution in [3.63, 3.8) is 0 Å². The Morgan fingerprint density at radius 3 is 2.43 bits per heavy atom. The predicted molar refractivity (Wildman–Crippen MR) is 79.8 cm³/mol. The van der Waals surface area contributed by atoms with Crippen molar-refractivity contribution < 1.29 is 19.4 Å². The largest absolute Gasteiger partial charge is 0.494 e. The maximum absolute atomic E-state index is 11.4. The summed E-state index contributed by atoms with van der Waals surface area (Å²) >= 11 is 0. The van der Waals surface area contributed by atoms with Crippen molar-refractivity contribution in [2.45, 2.75) is 19.4 Å². The van der Waals surface area contributed by atoms with Gasteiger partial charge >= 0.3 is 5.97 Å². The first-order valence-electron chi connectivity index (χ1n) is 6.86. The van der Waals surface area contributed by atoms with Gasteiger partial charge in [0.1, 0.15) is 11.5 Å². The van der Waals surface area contributed by atoms with E-state index in [1.807, 2.05) is 49.4 Å². The zero-order valence-corrected chi connectivity index (χ0v) is 11.9. The van der Waals surface area contributed by atoms with Crippen molar-refractivity contribution >= 4 is 5.97 Å². The molecule has 0 bridgehead atoms. The van der Waals surface area contributed by atoms with Crippen molar-refractivity contribution in [1.29, 1.82) is 0 Å². The number of carboxylic acids is 1. The van der Waals surface area contributed by atoms with Gasteiger partial charge in [0.05, 0.1) is 6.61 Å². The molecule has 1 atom stereocenters. The highest BCUT2D eigenvalue weighted by Crippen LogP contribution is 2.21. The number of aliphatic carboxylic acids is 1. The quantitative estimate of drug-likeness (QED) is 0.849. The van der Waals surface area contributed by atoms with E-state index < -0.39 is 12.1 Å². The molecular formula is C17H18O4. The fraction of sp³-hybridized carbons (Fsp3) is 0.235. The predicted octanol–water partition coefficient (Wildman–Crippen LogP) is 3.16. The Morgan fingerprint density at radius 2 is 1.76 bits per heavy atom. The first kappa shape index (κ1) is 14.9. The molecule has 4 heteroatoms. The van der Waals surface area contributed by atoms with Crippen LogP contribution in [0.25, 0.3) is 0 Å². The molecule has 0 saturated heterocycles. The van der Waals surface area contributed by atoms with Crippen LogP contribution in [0.5, 0.6) is 11.5 Å².